The largest absolute Gasteiger partial charge is 0.377 e. The first-order valence-corrected chi connectivity index (χ1v) is 11.1. The molecule has 0 amide bonds. The summed E-state index contributed by atoms with van der Waals surface area (Å²) in [7, 11) is -3.68. The number of fused-ring (bicyclic) bond motifs is 1. The molecule has 0 radical (unpaired) electrons. The quantitative estimate of drug-likeness (QED) is 0.640. The van der Waals surface area contributed by atoms with E-state index in [0.29, 0.717) is 0 Å². The molecule has 4 nitrogen and oxygen atoms in total. The molecule has 0 aromatic heterocycles. The molecule has 0 fully saturated rings. The summed E-state index contributed by atoms with van der Waals surface area (Å²) in [6.45, 7) is 3.98. The van der Waals surface area contributed by atoms with E-state index >= 15 is 0 Å². The predicted molar refractivity (Wildman–Crippen MR) is 118 cm³/mol. The average Bonchev–Trinajstić information content (AvgIpc) is 2.71. The van der Waals surface area contributed by atoms with Gasteiger partial charge in [0.05, 0.1) is 17.0 Å². The number of benzene rings is 3. The molecule has 2 atom stereocenters. The summed E-state index contributed by atoms with van der Waals surface area (Å²) in [5.74, 6) is 0. The molecule has 0 bridgehead atoms. The Morgan fingerprint density at radius 1 is 0.793 bits per heavy atom. The maximum atomic E-state index is 13.1. The lowest BCUT2D eigenvalue weighted by Crippen LogP contribution is -2.40. The van der Waals surface area contributed by atoms with Crippen LogP contribution in [0.1, 0.15) is 28.3 Å². The van der Waals surface area contributed by atoms with E-state index in [1.807, 2.05) is 86.7 Å². The van der Waals surface area contributed by atoms with Crippen LogP contribution in [-0.4, -0.2) is 14.5 Å². The van der Waals surface area contributed by atoms with Gasteiger partial charge in [-0.05, 0) is 49.2 Å². The van der Waals surface area contributed by atoms with Crippen molar-refractivity contribution in [2.45, 2.75) is 30.8 Å². The van der Waals surface area contributed by atoms with E-state index in [4.69, 9.17) is 0 Å². The monoisotopic (exact) mass is 404 g/mol. The van der Waals surface area contributed by atoms with Crippen LogP contribution in [0.2, 0.25) is 0 Å². The lowest BCUT2D eigenvalue weighted by Gasteiger charge is -2.31. The molecule has 5 heteroatoms. The van der Waals surface area contributed by atoms with Gasteiger partial charge in [0, 0.05) is 5.69 Å². The Hall–Kier alpha value is -2.89. The maximum absolute atomic E-state index is 13.1. The SMILES string of the molecule is Cc1ccc(N[C@@H]2C=Cc3ccccc3[C@H]2NS(=O)(=O)c2ccc(C)cc2)cc1. The van der Waals surface area contributed by atoms with Gasteiger partial charge in [-0.2, -0.15) is 0 Å². The van der Waals surface area contributed by atoms with Gasteiger partial charge >= 0.3 is 0 Å². The molecule has 3 aromatic rings. The molecule has 0 saturated carbocycles. The van der Waals surface area contributed by atoms with Crippen LogP contribution in [0.15, 0.2) is 83.8 Å². The Kier molecular flexibility index (Phi) is 5.26. The highest BCUT2D eigenvalue weighted by molar-refractivity contribution is 7.89. The van der Waals surface area contributed by atoms with Crippen molar-refractivity contribution in [3.05, 3.63) is 101 Å². The molecule has 1 aliphatic carbocycles. The van der Waals surface area contributed by atoms with Crippen molar-refractivity contribution >= 4 is 21.8 Å². The van der Waals surface area contributed by atoms with Gasteiger partial charge in [-0.1, -0.05) is 71.8 Å². The first-order chi connectivity index (χ1) is 13.9. The molecular weight excluding hydrogens is 380 g/mol. The highest BCUT2D eigenvalue weighted by Gasteiger charge is 2.30. The molecule has 0 spiro atoms. The molecule has 0 unspecified atom stereocenters. The van der Waals surface area contributed by atoms with Gasteiger partial charge in [-0.25, -0.2) is 13.1 Å². The second-order valence-corrected chi connectivity index (χ2v) is 9.15. The van der Waals surface area contributed by atoms with Gasteiger partial charge in [0.25, 0.3) is 0 Å². The lowest BCUT2D eigenvalue weighted by atomic mass is 9.90. The minimum absolute atomic E-state index is 0.215. The van der Waals surface area contributed by atoms with Crippen LogP contribution >= 0.6 is 0 Å². The zero-order chi connectivity index (χ0) is 20.4. The molecule has 4 rings (SSSR count). The van der Waals surface area contributed by atoms with Crippen molar-refractivity contribution in [1.82, 2.24) is 4.72 Å². The molecule has 0 saturated heterocycles. The summed E-state index contributed by atoms with van der Waals surface area (Å²) < 4.78 is 29.1. The average molecular weight is 405 g/mol. The Morgan fingerprint density at radius 3 is 2.10 bits per heavy atom. The zero-order valence-electron chi connectivity index (χ0n) is 16.5. The fraction of sp³-hybridized carbons (Fsp3) is 0.167. The van der Waals surface area contributed by atoms with Gasteiger partial charge < -0.3 is 5.32 Å². The zero-order valence-corrected chi connectivity index (χ0v) is 17.3. The van der Waals surface area contributed by atoms with Crippen molar-refractivity contribution in [1.29, 1.82) is 0 Å². The summed E-state index contributed by atoms with van der Waals surface area (Å²) in [4.78, 5) is 0.268. The van der Waals surface area contributed by atoms with Crippen LogP contribution in [0.3, 0.4) is 0 Å². The van der Waals surface area contributed by atoms with E-state index in [1.54, 1.807) is 12.1 Å². The van der Waals surface area contributed by atoms with Crippen LogP contribution in [0.25, 0.3) is 6.08 Å². The van der Waals surface area contributed by atoms with E-state index in [2.05, 4.69) is 10.0 Å². The molecule has 2 N–H and O–H groups in total. The Bertz CT molecular complexity index is 1130. The summed E-state index contributed by atoms with van der Waals surface area (Å²) in [6, 6.07) is 22.2. The number of hydrogen-bond donors (Lipinski definition) is 2. The van der Waals surface area contributed by atoms with E-state index in [0.717, 1.165) is 22.4 Å². The van der Waals surface area contributed by atoms with Crippen LogP contribution < -0.4 is 10.0 Å². The number of rotatable bonds is 5. The second-order valence-electron chi connectivity index (χ2n) is 7.44. The Balaban J connectivity index is 1.68. The number of nitrogens with one attached hydrogen (secondary N) is 2. The Labute approximate surface area is 172 Å². The summed E-state index contributed by atoms with van der Waals surface area (Å²) in [5, 5.41) is 3.47. The third kappa shape index (κ3) is 4.26. The topological polar surface area (TPSA) is 58.2 Å². The lowest BCUT2D eigenvalue weighted by molar-refractivity contribution is 0.541. The van der Waals surface area contributed by atoms with E-state index in [-0.39, 0.29) is 10.9 Å². The number of anilines is 1. The van der Waals surface area contributed by atoms with Gasteiger partial charge in [-0.15, -0.1) is 0 Å². The van der Waals surface area contributed by atoms with Gasteiger partial charge in [-0.3, -0.25) is 0 Å². The summed E-state index contributed by atoms with van der Waals surface area (Å²) in [5.41, 5.74) is 5.12. The maximum Gasteiger partial charge on any atom is 0.241 e. The van der Waals surface area contributed by atoms with Gasteiger partial charge in [0.2, 0.25) is 10.0 Å². The van der Waals surface area contributed by atoms with E-state index < -0.39 is 16.1 Å². The standard InChI is InChI=1S/C24H24N2O2S/c1-17-7-12-20(13-8-17)25-23-16-11-19-5-3-4-6-22(19)24(23)26-29(27,28)21-14-9-18(2)10-15-21/h3-16,23-26H,1-2H3/t23-,24-/m1/s1. The number of hydrogen-bond acceptors (Lipinski definition) is 3. The summed E-state index contributed by atoms with van der Waals surface area (Å²) in [6.07, 6.45) is 4.06. The minimum atomic E-state index is -3.68. The predicted octanol–water partition coefficient (Wildman–Crippen LogP) is 4.83. The molecule has 0 heterocycles. The smallest absolute Gasteiger partial charge is 0.241 e. The fourth-order valence-corrected chi connectivity index (χ4v) is 4.76. The van der Waals surface area contributed by atoms with Crippen LogP contribution in [0.5, 0.6) is 0 Å². The van der Waals surface area contributed by atoms with Crippen LogP contribution in [0.4, 0.5) is 5.69 Å². The van der Waals surface area contributed by atoms with Crippen molar-refractivity contribution in [2.24, 2.45) is 0 Å². The van der Waals surface area contributed by atoms with E-state index in [9.17, 15) is 8.42 Å². The highest BCUT2D eigenvalue weighted by Crippen LogP contribution is 2.31. The molecule has 3 aromatic carbocycles. The molecule has 148 valence electrons. The van der Waals surface area contributed by atoms with Crippen molar-refractivity contribution in [3.63, 3.8) is 0 Å². The third-order valence-corrected chi connectivity index (χ3v) is 6.63. The minimum Gasteiger partial charge on any atom is -0.377 e. The molecule has 0 aliphatic heterocycles. The second kappa shape index (κ2) is 7.85. The molecular formula is C24H24N2O2S. The molecule has 1 aliphatic rings. The normalized spacial score (nSPS) is 18.3. The van der Waals surface area contributed by atoms with Crippen molar-refractivity contribution in [2.75, 3.05) is 5.32 Å². The first kappa shape index (κ1) is 19.4. The third-order valence-electron chi connectivity index (χ3n) is 5.17. The highest BCUT2D eigenvalue weighted by atomic mass is 32.2. The van der Waals surface area contributed by atoms with Gasteiger partial charge in [0.1, 0.15) is 0 Å². The van der Waals surface area contributed by atoms with Crippen LogP contribution in [0, 0.1) is 13.8 Å². The van der Waals surface area contributed by atoms with Crippen molar-refractivity contribution < 1.29 is 8.42 Å². The summed E-state index contributed by atoms with van der Waals surface area (Å²) >= 11 is 0. The Morgan fingerprint density at radius 2 is 1.41 bits per heavy atom. The fourth-order valence-electron chi connectivity index (χ4n) is 3.52. The first-order valence-electron chi connectivity index (χ1n) is 9.62. The van der Waals surface area contributed by atoms with Gasteiger partial charge in [0.15, 0.2) is 0 Å². The number of sulfonamides is 1. The number of aryl methyl sites for hydroxylation is 2. The molecule has 29 heavy (non-hydrogen) atoms. The van der Waals surface area contributed by atoms with Crippen LogP contribution in [-0.2, 0) is 10.0 Å². The van der Waals surface area contributed by atoms with E-state index in [1.165, 1.54) is 5.56 Å². The van der Waals surface area contributed by atoms with Crippen molar-refractivity contribution in [3.8, 4) is 0 Å².